The first-order chi connectivity index (χ1) is 7.40. The lowest BCUT2D eigenvalue weighted by molar-refractivity contribution is 0.421. The number of halogens is 2. The molecule has 1 nitrogen and oxygen atoms in total. The van der Waals surface area contributed by atoms with Gasteiger partial charge < -0.3 is 5.32 Å². The Bertz CT molecular complexity index is 344. The second-order valence-corrected chi connectivity index (χ2v) is 5.40. The lowest BCUT2D eigenvalue weighted by Gasteiger charge is -2.20. The molecular weight excluding hydrogens is 225 g/mol. The topological polar surface area (TPSA) is 12.0 Å². The van der Waals surface area contributed by atoms with Gasteiger partial charge in [0.25, 0.3) is 0 Å². The Morgan fingerprint density at radius 3 is 2.62 bits per heavy atom. The molecule has 0 unspecified atom stereocenters. The summed E-state index contributed by atoms with van der Waals surface area (Å²) >= 11 is 5.71. The first-order valence-corrected chi connectivity index (χ1v) is 5.96. The lowest BCUT2D eigenvalue weighted by Crippen LogP contribution is -2.36. The van der Waals surface area contributed by atoms with E-state index in [-0.39, 0.29) is 16.4 Å². The van der Waals surface area contributed by atoms with Gasteiger partial charge in [-0.15, -0.1) is 0 Å². The van der Waals surface area contributed by atoms with Gasteiger partial charge in [-0.1, -0.05) is 23.7 Å². The second kappa shape index (κ2) is 5.65. The van der Waals surface area contributed by atoms with E-state index in [1.807, 2.05) is 0 Å². The molecule has 0 saturated heterocycles. The zero-order chi connectivity index (χ0) is 12.2. The Morgan fingerprint density at radius 2 is 2.00 bits per heavy atom. The summed E-state index contributed by atoms with van der Waals surface area (Å²) in [7, 11) is 0. The first-order valence-electron chi connectivity index (χ1n) is 5.58. The van der Waals surface area contributed by atoms with Gasteiger partial charge in [-0.2, -0.15) is 0 Å². The van der Waals surface area contributed by atoms with Crippen LogP contribution in [0.2, 0.25) is 5.02 Å². The molecule has 0 spiro atoms. The van der Waals surface area contributed by atoms with Crippen LogP contribution in [0.25, 0.3) is 0 Å². The van der Waals surface area contributed by atoms with E-state index in [0.29, 0.717) is 5.56 Å². The van der Waals surface area contributed by atoms with Gasteiger partial charge in [-0.3, -0.25) is 0 Å². The number of hydrogen-bond acceptors (Lipinski definition) is 1. The summed E-state index contributed by atoms with van der Waals surface area (Å²) in [6.07, 6.45) is 1.63. The average Bonchev–Trinajstić information content (AvgIpc) is 2.17. The Hall–Kier alpha value is -0.600. The normalized spacial score (nSPS) is 11.8. The highest BCUT2D eigenvalue weighted by molar-refractivity contribution is 6.30. The standard InChI is InChI=1S/C13H19ClFN/c1-13(2,3)16-9-5-7-10-6-4-8-11(14)12(10)15/h4,6,8,16H,5,7,9H2,1-3H3. The maximum Gasteiger partial charge on any atom is 0.144 e. The molecule has 0 aliphatic rings. The smallest absolute Gasteiger partial charge is 0.144 e. The number of rotatable bonds is 4. The van der Waals surface area contributed by atoms with Crippen LogP contribution in [0.1, 0.15) is 32.8 Å². The lowest BCUT2D eigenvalue weighted by atomic mass is 10.1. The molecule has 0 aliphatic carbocycles. The van der Waals surface area contributed by atoms with Gasteiger partial charge in [0.15, 0.2) is 0 Å². The van der Waals surface area contributed by atoms with Crippen LogP contribution in [-0.2, 0) is 6.42 Å². The van der Waals surface area contributed by atoms with Crippen molar-refractivity contribution in [3.05, 3.63) is 34.6 Å². The quantitative estimate of drug-likeness (QED) is 0.794. The highest BCUT2D eigenvalue weighted by atomic mass is 35.5. The minimum Gasteiger partial charge on any atom is -0.312 e. The van der Waals surface area contributed by atoms with Crippen molar-refractivity contribution in [2.45, 2.75) is 39.2 Å². The van der Waals surface area contributed by atoms with Crippen molar-refractivity contribution in [3.8, 4) is 0 Å². The minimum absolute atomic E-state index is 0.118. The molecule has 0 aliphatic heterocycles. The van der Waals surface area contributed by atoms with Crippen molar-refractivity contribution in [2.75, 3.05) is 6.54 Å². The molecule has 1 aromatic rings. The van der Waals surface area contributed by atoms with E-state index in [1.165, 1.54) is 0 Å². The Labute approximate surface area is 102 Å². The van der Waals surface area contributed by atoms with Crippen LogP contribution in [0.4, 0.5) is 4.39 Å². The van der Waals surface area contributed by atoms with Crippen molar-refractivity contribution in [1.82, 2.24) is 5.32 Å². The molecular formula is C13H19ClFN. The van der Waals surface area contributed by atoms with Crippen LogP contribution in [0.15, 0.2) is 18.2 Å². The maximum absolute atomic E-state index is 13.5. The molecule has 0 fully saturated rings. The molecule has 0 aromatic heterocycles. The van der Waals surface area contributed by atoms with Crippen LogP contribution >= 0.6 is 11.6 Å². The third-order valence-corrected chi connectivity index (χ3v) is 2.60. The third kappa shape index (κ3) is 4.50. The Kier molecular flexibility index (Phi) is 4.75. The van der Waals surface area contributed by atoms with E-state index in [1.54, 1.807) is 18.2 Å². The van der Waals surface area contributed by atoms with Crippen molar-refractivity contribution >= 4 is 11.6 Å². The van der Waals surface area contributed by atoms with E-state index >= 15 is 0 Å². The van der Waals surface area contributed by atoms with Gasteiger partial charge in [0.1, 0.15) is 5.82 Å². The molecule has 16 heavy (non-hydrogen) atoms. The molecule has 1 N–H and O–H groups in total. The van der Waals surface area contributed by atoms with Gasteiger partial charge in [0.05, 0.1) is 5.02 Å². The molecule has 90 valence electrons. The summed E-state index contributed by atoms with van der Waals surface area (Å²) < 4.78 is 13.5. The molecule has 0 bridgehead atoms. The van der Waals surface area contributed by atoms with Gasteiger partial charge in [-0.25, -0.2) is 4.39 Å². The Morgan fingerprint density at radius 1 is 1.31 bits per heavy atom. The number of nitrogens with one attached hydrogen (secondary N) is 1. The molecule has 0 saturated carbocycles. The van der Waals surface area contributed by atoms with E-state index in [4.69, 9.17) is 11.6 Å². The van der Waals surface area contributed by atoms with Gasteiger partial charge in [0, 0.05) is 5.54 Å². The SMILES string of the molecule is CC(C)(C)NCCCc1cccc(Cl)c1F. The fraction of sp³-hybridized carbons (Fsp3) is 0.538. The van der Waals surface area contributed by atoms with Crippen molar-refractivity contribution in [1.29, 1.82) is 0 Å². The van der Waals surface area contributed by atoms with Crippen molar-refractivity contribution in [3.63, 3.8) is 0 Å². The zero-order valence-corrected chi connectivity index (χ0v) is 10.9. The Balaban J connectivity index is 2.41. The first kappa shape index (κ1) is 13.5. The summed E-state index contributed by atoms with van der Waals surface area (Å²) in [6, 6.07) is 5.16. The number of benzene rings is 1. The largest absolute Gasteiger partial charge is 0.312 e. The maximum atomic E-state index is 13.5. The van der Waals surface area contributed by atoms with E-state index < -0.39 is 0 Å². The van der Waals surface area contributed by atoms with Gasteiger partial charge in [0.2, 0.25) is 0 Å². The fourth-order valence-corrected chi connectivity index (χ4v) is 1.68. The van der Waals surface area contributed by atoms with E-state index in [9.17, 15) is 4.39 Å². The zero-order valence-electron chi connectivity index (χ0n) is 10.1. The average molecular weight is 244 g/mol. The summed E-state index contributed by atoms with van der Waals surface area (Å²) in [5.74, 6) is -0.278. The summed E-state index contributed by atoms with van der Waals surface area (Å²) in [4.78, 5) is 0. The summed E-state index contributed by atoms with van der Waals surface area (Å²) in [5, 5.41) is 3.58. The number of aryl methyl sites for hydroxylation is 1. The highest BCUT2D eigenvalue weighted by Crippen LogP contribution is 2.18. The minimum atomic E-state index is -0.278. The van der Waals surface area contributed by atoms with Crippen LogP contribution in [0, 0.1) is 5.82 Å². The molecule has 0 radical (unpaired) electrons. The molecule has 1 aromatic carbocycles. The summed E-state index contributed by atoms with van der Waals surface area (Å²) in [5.41, 5.74) is 0.815. The van der Waals surface area contributed by atoms with Crippen LogP contribution in [-0.4, -0.2) is 12.1 Å². The number of hydrogen-bond donors (Lipinski definition) is 1. The van der Waals surface area contributed by atoms with Crippen molar-refractivity contribution < 1.29 is 4.39 Å². The fourth-order valence-electron chi connectivity index (χ4n) is 1.48. The van der Waals surface area contributed by atoms with Gasteiger partial charge in [-0.05, 0) is 51.8 Å². The summed E-state index contributed by atoms with van der Waals surface area (Å²) in [6.45, 7) is 7.24. The molecule has 1 rings (SSSR count). The molecule has 3 heteroatoms. The highest BCUT2D eigenvalue weighted by Gasteiger charge is 2.09. The second-order valence-electron chi connectivity index (χ2n) is 4.99. The van der Waals surface area contributed by atoms with E-state index in [0.717, 1.165) is 19.4 Å². The monoisotopic (exact) mass is 243 g/mol. The van der Waals surface area contributed by atoms with Crippen LogP contribution in [0.3, 0.4) is 0 Å². The third-order valence-electron chi connectivity index (χ3n) is 2.31. The van der Waals surface area contributed by atoms with Gasteiger partial charge >= 0.3 is 0 Å². The van der Waals surface area contributed by atoms with Crippen LogP contribution < -0.4 is 5.32 Å². The van der Waals surface area contributed by atoms with Crippen LogP contribution in [0.5, 0.6) is 0 Å². The predicted molar refractivity (Wildman–Crippen MR) is 67.5 cm³/mol. The molecule has 0 amide bonds. The molecule has 0 atom stereocenters. The predicted octanol–water partition coefficient (Wildman–Crippen LogP) is 3.80. The van der Waals surface area contributed by atoms with Crippen molar-refractivity contribution in [2.24, 2.45) is 0 Å². The van der Waals surface area contributed by atoms with E-state index in [2.05, 4.69) is 26.1 Å². The molecule has 0 heterocycles.